The zero-order valence-corrected chi connectivity index (χ0v) is 18.4. The first-order valence-corrected chi connectivity index (χ1v) is 11.7. The van der Waals surface area contributed by atoms with E-state index in [0.717, 1.165) is 12.1 Å². The highest BCUT2D eigenvalue weighted by molar-refractivity contribution is 7.89. The standard InChI is InChI=1S/C21H20ClF3N2O4S/c22-15-5-7-16(8-6-15)32(29,30)27-13-14-31-20(27)9-11-26(12-10-20)19(28)17-3-1-2-4-18(17)21(23,24)25/h1-8H,9-14H2. The molecule has 2 aliphatic heterocycles. The van der Waals surface area contributed by atoms with Gasteiger partial charge < -0.3 is 9.64 Å². The molecule has 2 saturated heterocycles. The van der Waals surface area contributed by atoms with Gasteiger partial charge in [-0.05, 0) is 36.4 Å². The molecular weight excluding hydrogens is 469 g/mol. The SMILES string of the molecule is O=C(c1ccccc1C(F)(F)F)N1CCC2(CC1)OCCN2S(=O)(=O)c1ccc(Cl)cc1. The van der Waals surface area contributed by atoms with Crippen LogP contribution in [0.4, 0.5) is 13.2 Å². The number of carbonyl (C=O) groups excluding carboxylic acids is 1. The predicted octanol–water partition coefficient (Wildman–Crippen LogP) is 4.01. The first-order chi connectivity index (χ1) is 15.0. The van der Waals surface area contributed by atoms with Gasteiger partial charge in [0.25, 0.3) is 5.91 Å². The van der Waals surface area contributed by atoms with Gasteiger partial charge in [0.15, 0.2) is 0 Å². The lowest BCUT2D eigenvalue weighted by Gasteiger charge is -2.43. The number of hydrogen-bond donors (Lipinski definition) is 0. The van der Waals surface area contributed by atoms with Crippen molar-refractivity contribution in [2.75, 3.05) is 26.2 Å². The Bertz CT molecular complexity index is 1110. The van der Waals surface area contributed by atoms with Crippen LogP contribution < -0.4 is 0 Å². The highest BCUT2D eigenvalue weighted by Crippen LogP contribution is 2.39. The molecule has 4 rings (SSSR count). The molecule has 2 aromatic rings. The highest BCUT2D eigenvalue weighted by Gasteiger charge is 2.51. The molecule has 32 heavy (non-hydrogen) atoms. The van der Waals surface area contributed by atoms with Crippen LogP contribution in [0.3, 0.4) is 0 Å². The summed E-state index contributed by atoms with van der Waals surface area (Å²) in [5, 5.41) is 0.405. The summed E-state index contributed by atoms with van der Waals surface area (Å²) in [6.07, 6.45) is -4.35. The van der Waals surface area contributed by atoms with Gasteiger partial charge in [-0.25, -0.2) is 8.42 Å². The summed E-state index contributed by atoms with van der Waals surface area (Å²) < 4.78 is 73.5. The Labute approximate surface area is 188 Å². The number of sulfonamides is 1. The molecular formula is C21H20ClF3N2O4S. The van der Waals surface area contributed by atoms with E-state index in [2.05, 4.69) is 0 Å². The Hall–Kier alpha value is -2.14. The minimum atomic E-state index is -4.65. The fraction of sp³-hybridized carbons (Fsp3) is 0.381. The molecule has 1 spiro atoms. The third-order valence-electron chi connectivity index (χ3n) is 5.82. The molecule has 2 aromatic carbocycles. The van der Waals surface area contributed by atoms with Crippen LogP contribution in [-0.4, -0.2) is 55.5 Å². The first kappa shape index (κ1) is 23.0. The normalized spacial score (nSPS) is 19.4. The van der Waals surface area contributed by atoms with Gasteiger partial charge in [0.1, 0.15) is 5.72 Å². The summed E-state index contributed by atoms with van der Waals surface area (Å²) in [5.74, 6) is -0.738. The summed E-state index contributed by atoms with van der Waals surface area (Å²) >= 11 is 5.86. The minimum Gasteiger partial charge on any atom is -0.358 e. The number of alkyl halides is 3. The molecule has 2 heterocycles. The number of carbonyl (C=O) groups is 1. The molecule has 1 amide bonds. The van der Waals surface area contributed by atoms with Gasteiger partial charge in [0.2, 0.25) is 10.0 Å². The van der Waals surface area contributed by atoms with Crippen LogP contribution in [-0.2, 0) is 20.9 Å². The number of amides is 1. The Kier molecular flexibility index (Phi) is 6.00. The van der Waals surface area contributed by atoms with Crippen molar-refractivity contribution in [3.05, 3.63) is 64.7 Å². The van der Waals surface area contributed by atoms with Gasteiger partial charge in [-0.3, -0.25) is 4.79 Å². The van der Waals surface area contributed by atoms with E-state index in [9.17, 15) is 26.4 Å². The maximum atomic E-state index is 13.3. The quantitative estimate of drug-likeness (QED) is 0.654. The molecule has 0 aliphatic carbocycles. The number of hydrogen-bond acceptors (Lipinski definition) is 4. The average Bonchev–Trinajstić information content (AvgIpc) is 3.17. The van der Waals surface area contributed by atoms with E-state index in [0.29, 0.717) is 5.02 Å². The zero-order valence-electron chi connectivity index (χ0n) is 16.8. The van der Waals surface area contributed by atoms with E-state index < -0.39 is 39.0 Å². The Morgan fingerprint density at radius 3 is 2.25 bits per heavy atom. The second-order valence-corrected chi connectivity index (χ2v) is 9.96. The number of halogens is 4. The van der Waals surface area contributed by atoms with E-state index in [1.54, 1.807) is 0 Å². The first-order valence-electron chi connectivity index (χ1n) is 9.92. The zero-order chi connectivity index (χ0) is 23.1. The van der Waals surface area contributed by atoms with E-state index in [4.69, 9.17) is 16.3 Å². The van der Waals surface area contributed by atoms with Crippen molar-refractivity contribution in [2.24, 2.45) is 0 Å². The fourth-order valence-corrected chi connectivity index (χ4v) is 6.06. The van der Waals surface area contributed by atoms with Gasteiger partial charge >= 0.3 is 6.18 Å². The van der Waals surface area contributed by atoms with Crippen molar-refractivity contribution in [2.45, 2.75) is 29.6 Å². The molecule has 0 aromatic heterocycles. The maximum absolute atomic E-state index is 13.3. The molecule has 0 unspecified atom stereocenters. The average molecular weight is 489 g/mol. The lowest BCUT2D eigenvalue weighted by atomic mass is 9.98. The number of nitrogens with zero attached hydrogens (tertiary/aromatic N) is 2. The van der Waals surface area contributed by atoms with Crippen LogP contribution in [0.25, 0.3) is 0 Å². The second-order valence-electron chi connectivity index (χ2n) is 7.66. The van der Waals surface area contributed by atoms with Crippen molar-refractivity contribution in [3.63, 3.8) is 0 Å². The lowest BCUT2D eigenvalue weighted by Crippen LogP contribution is -2.55. The molecule has 0 atom stereocenters. The van der Waals surface area contributed by atoms with Crippen LogP contribution in [0, 0.1) is 0 Å². The third-order valence-corrected chi connectivity index (χ3v) is 8.03. The number of ether oxygens (including phenoxy) is 1. The van der Waals surface area contributed by atoms with Gasteiger partial charge in [-0.15, -0.1) is 0 Å². The minimum absolute atomic E-state index is 0.0671. The molecule has 0 saturated carbocycles. The van der Waals surface area contributed by atoms with Crippen molar-refractivity contribution in [1.82, 2.24) is 9.21 Å². The molecule has 0 N–H and O–H groups in total. The smallest absolute Gasteiger partial charge is 0.358 e. The van der Waals surface area contributed by atoms with Crippen molar-refractivity contribution >= 4 is 27.5 Å². The lowest BCUT2D eigenvalue weighted by molar-refractivity contribution is -0.138. The molecule has 6 nitrogen and oxygen atoms in total. The predicted molar refractivity (Wildman–Crippen MR) is 111 cm³/mol. The maximum Gasteiger partial charge on any atom is 0.417 e. The molecule has 172 valence electrons. The van der Waals surface area contributed by atoms with Gasteiger partial charge in [-0.1, -0.05) is 23.7 Å². The van der Waals surface area contributed by atoms with Crippen molar-refractivity contribution in [1.29, 1.82) is 0 Å². The second kappa shape index (κ2) is 8.33. The molecule has 2 aliphatic rings. The van der Waals surface area contributed by atoms with E-state index in [1.165, 1.54) is 45.6 Å². The Morgan fingerprint density at radius 2 is 1.62 bits per heavy atom. The summed E-state index contributed by atoms with van der Waals surface area (Å²) in [5.41, 5.74) is -2.55. The summed E-state index contributed by atoms with van der Waals surface area (Å²) in [6, 6.07) is 10.4. The van der Waals surface area contributed by atoms with E-state index in [1.807, 2.05) is 0 Å². The van der Waals surface area contributed by atoms with E-state index >= 15 is 0 Å². The monoisotopic (exact) mass is 488 g/mol. The Balaban J connectivity index is 1.54. The molecule has 0 radical (unpaired) electrons. The largest absolute Gasteiger partial charge is 0.417 e. The third kappa shape index (κ3) is 4.12. The highest BCUT2D eigenvalue weighted by atomic mass is 35.5. The van der Waals surface area contributed by atoms with Crippen LogP contribution in [0.5, 0.6) is 0 Å². The van der Waals surface area contributed by atoms with E-state index in [-0.39, 0.29) is 44.0 Å². The van der Waals surface area contributed by atoms with Crippen LogP contribution in [0.1, 0.15) is 28.8 Å². The van der Waals surface area contributed by atoms with Gasteiger partial charge in [0, 0.05) is 37.5 Å². The molecule has 2 fully saturated rings. The summed E-state index contributed by atoms with van der Waals surface area (Å²) in [6.45, 7) is 0.475. The van der Waals surface area contributed by atoms with Crippen molar-refractivity contribution in [3.8, 4) is 0 Å². The van der Waals surface area contributed by atoms with Crippen LogP contribution in [0.2, 0.25) is 5.02 Å². The number of likely N-dealkylation sites (tertiary alicyclic amines) is 1. The number of rotatable bonds is 3. The fourth-order valence-electron chi connectivity index (χ4n) is 4.21. The van der Waals surface area contributed by atoms with Crippen molar-refractivity contribution < 1.29 is 31.1 Å². The summed E-state index contributed by atoms with van der Waals surface area (Å²) in [4.78, 5) is 14.2. The topological polar surface area (TPSA) is 66.9 Å². The Morgan fingerprint density at radius 1 is 1.00 bits per heavy atom. The number of piperidine rings is 1. The molecule has 11 heteroatoms. The van der Waals surface area contributed by atoms with Gasteiger partial charge in [0.05, 0.1) is 22.6 Å². The van der Waals surface area contributed by atoms with Gasteiger partial charge in [-0.2, -0.15) is 17.5 Å². The number of benzene rings is 2. The molecule has 0 bridgehead atoms. The van der Waals surface area contributed by atoms with Crippen LogP contribution in [0.15, 0.2) is 53.4 Å². The van der Waals surface area contributed by atoms with Crippen LogP contribution >= 0.6 is 11.6 Å². The summed E-state index contributed by atoms with van der Waals surface area (Å²) in [7, 11) is -3.88.